The first kappa shape index (κ1) is 12.8. The maximum absolute atomic E-state index is 10.3. The van der Waals surface area contributed by atoms with Crippen molar-refractivity contribution >= 4 is 31.9 Å². The summed E-state index contributed by atoms with van der Waals surface area (Å²) < 4.78 is 1.94. The molecule has 3 heteroatoms. The average Bonchev–Trinajstić information content (AvgIpc) is 2.32. The van der Waals surface area contributed by atoms with Crippen molar-refractivity contribution in [2.75, 3.05) is 0 Å². The molecule has 2 aromatic carbocycles. The smallest absolute Gasteiger partial charge is 0.105 e. The Labute approximate surface area is 118 Å². The molecule has 1 nitrogen and oxygen atoms in total. The van der Waals surface area contributed by atoms with Crippen LogP contribution in [0, 0.1) is 6.92 Å². The van der Waals surface area contributed by atoms with E-state index in [4.69, 9.17) is 0 Å². The molecular formula is C14H12Br2O. The summed E-state index contributed by atoms with van der Waals surface area (Å²) in [5.41, 5.74) is 2.92. The van der Waals surface area contributed by atoms with E-state index in [9.17, 15) is 5.11 Å². The van der Waals surface area contributed by atoms with Gasteiger partial charge in [-0.25, -0.2) is 0 Å². The number of hydrogen-bond acceptors (Lipinski definition) is 1. The minimum atomic E-state index is -0.600. The van der Waals surface area contributed by atoms with Crippen LogP contribution >= 0.6 is 31.9 Å². The highest BCUT2D eigenvalue weighted by molar-refractivity contribution is 9.10. The van der Waals surface area contributed by atoms with Crippen molar-refractivity contribution in [1.29, 1.82) is 0 Å². The molecule has 0 fully saturated rings. The van der Waals surface area contributed by atoms with Crippen LogP contribution in [0.4, 0.5) is 0 Å². The number of hydrogen-bond donors (Lipinski definition) is 1. The normalized spacial score (nSPS) is 12.5. The highest BCUT2D eigenvalue weighted by Crippen LogP contribution is 2.29. The van der Waals surface area contributed by atoms with Crippen molar-refractivity contribution < 1.29 is 5.11 Å². The van der Waals surface area contributed by atoms with E-state index in [0.29, 0.717) is 0 Å². The van der Waals surface area contributed by atoms with Gasteiger partial charge in [0.1, 0.15) is 6.10 Å². The molecule has 0 aliphatic carbocycles. The zero-order valence-electron chi connectivity index (χ0n) is 9.32. The summed E-state index contributed by atoms with van der Waals surface area (Å²) in [4.78, 5) is 0. The van der Waals surface area contributed by atoms with E-state index >= 15 is 0 Å². The fourth-order valence-electron chi connectivity index (χ4n) is 1.70. The molecule has 0 aliphatic rings. The van der Waals surface area contributed by atoms with E-state index in [1.807, 2.05) is 49.4 Å². The lowest BCUT2D eigenvalue weighted by Crippen LogP contribution is -2.00. The largest absolute Gasteiger partial charge is 0.384 e. The molecule has 0 aliphatic heterocycles. The average molecular weight is 356 g/mol. The molecule has 0 spiro atoms. The van der Waals surface area contributed by atoms with Crippen LogP contribution in [-0.4, -0.2) is 5.11 Å². The van der Waals surface area contributed by atoms with E-state index in [0.717, 1.165) is 25.6 Å². The van der Waals surface area contributed by atoms with Crippen LogP contribution in [0.5, 0.6) is 0 Å². The van der Waals surface area contributed by atoms with Crippen LogP contribution in [0.2, 0.25) is 0 Å². The molecule has 0 radical (unpaired) electrons. The summed E-state index contributed by atoms with van der Waals surface area (Å²) in [5.74, 6) is 0. The maximum Gasteiger partial charge on any atom is 0.105 e. The quantitative estimate of drug-likeness (QED) is 0.834. The Bertz CT molecular complexity index is 520. The second-order valence-electron chi connectivity index (χ2n) is 3.98. The van der Waals surface area contributed by atoms with Crippen LogP contribution in [0.3, 0.4) is 0 Å². The second-order valence-corrected chi connectivity index (χ2v) is 5.75. The first-order valence-corrected chi connectivity index (χ1v) is 6.86. The van der Waals surface area contributed by atoms with Gasteiger partial charge >= 0.3 is 0 Å². The van der Waals surface area contributed by atoms with Crippen molar-refractivity contribution in [2.24, 2.45) is 0 Å². The van der Waals surface area contributed by atoms with Gasteiger partial charge in [-0.15, -0.1) is 0 Å². The van der Waals surface area contributed by atoms with Gasteiger partial charge in [0.15, 0.2) is 0 Å². The molecule has 2 aromatic rings. The Balaban J connectivity index is 2.39. The number of aliphatic hydroxyl groups is 1. The topological polar surface area (TPSA) is 20.2 Å². The van der Waals surface area contributed by atoms with Crippen LogP contribution in [0.1, 0.15) is 22.8 Å². The fourth-order valence-corrected chi connectivity index (χ4v) is 2.43. The molecule has 0 bridgehead atoms. The molecule has 0 amide bonds. The van der Waals surface area contributed by atoms with Crippen molar-refractivity contribution in [3.8, 4) is 0 Å². The molecule has 0 aromatic heterocycles. The summed E-state index contributed by atoms with van der Waals surface area (Å²) in [7, 11) is 0. The predicted molar refractivity (Wildman–Crippen MR) is 77.1 cm³/mol. The van der Waals surface area contributed by atoms with Gasteiger partial charge in [0.2, 0.25) is 0 Å². The van der Waals surface area contributed by atoms with Gasteiger partial charge in [-0.3, -0.25) is 0 Å². The van der Waals surface area contributed by atoms with Crippen molar-refractivity contribution in [3.05, 3.63) is 68.1 Å². The summed E-state index contributed by atoms with van der Waals surface area (Å²) in [6, 6.07) is 13.7. The zero-order valence-corrected chi connectivity index (χ0v) is 12.5. The van der Waals surface area contributed by atoms with Gasteiger partial charge in [-0.05, 0) is 36.2 Å². The van der Waals surface area contributed by atoms with Gasteiger partial charge < -0.3 is 5.11 Å². The lowest BCUT2D eigenvalue weighted by Gasteiger charge is -2.14. The van der Waals surface area contributed by atoms with E-state index < -0.39 is 6.10 Å². The SMILES string of the molecule is Cc1ccc(Br)c(C(O)c2ccc(Br)cc2)c1. The van der Waals surface area contributed by atoms with Crippen LogP contribution in [0.15, 0.2) is 51.4 Å². The molecule has 0 heterocycles. The second kappa shape index (κ2) is 5.34. The van der Waals surface area contributed by atoms with Crippen LogP contribution in [0.25, 0.3) is 0 Å². The molecule has 0 saturated heterocycles. The highest BCUT2D eigenvalue weighted by Gasteiger charge is 2.13. The zero-order chi connectivity index (χ0) is 12.4. The lowest BCUT2D eigenvalue weighted by atomic mass is 10.0. The van der Waals surface area contributed by atoms with E-state index in [-0.39, 0.29) is 0 Å². The maximum atomic E-state index is 10.3. The molecule has 1 N–H and O–H groups in total. The Morgan fingerprint density at radius 1 is 1.00 bits per heavy atom. The number of aliphatic hydroxyl groups excluding tert-OH is 1. The fraction of sp³-hybridized carbons (Fsp3) is 0.143. The molecular weight excluding hydrogens is 344 g/mol. The lowest BCUT2D eigenvalue weighted by molar-refractivity contribution is 0.219. The number of benzene rings is 2. The van der Waals surface area contributed by atoms with Crippen molar-refractivity contribution in [3.63, 3.8) is 0 Å². The predicted octanol–water partition coefficient (Wildman–Crippen LogP) is 4.60. The Morgan fingerprint density at radius 3 is 2.29 bits per heavy atom. The van der Waals surface area contributed by atoms with Crippen LogP contribution in [-0.2, 0) is 0 Å². The summed E-state index contributed by atoms with van der Waals surface area (Å²) in [5, 5.41) is 10.3. The standard InChI is InChI=1S/C14H12Br2O/c1-9-2-7-13(16)12(8-9)14(17)10-3-5-11(15)6-4-10/h2-8,14,17H,1H3. The minimum absolute atomic E-state index is 0.600. The van der Waals surface area contributed by atoms with Gasteiger partial charge in [0.25, 0.3) is 0 Å². The van der Waals surface area contributed by atoms with Gasteiger partial charge in [-0.1, -0.05) is 61.7 Å². The molecule has 2 rings (SSSR count). The number of aryl methyl sites for hydroxylation is 1. The summed E-state index contributed by atoms with van der Waals surface area (Å²) >= 11 is 6.86. The van der Waals surface area contributed by atoms with Crippen molar-refractivity contribution in [1.82, 2.24) is 0 Å². The number of rotatable bonds is 2. The Morgan fingerprint density at radius 2 is 1.65 bits per heavy atom. The van der Waals surface area contributed by atoms with E-state index in [2.05, 4.69) is 31.9 Å². The highest BCUT2D eigenvalue weighted by atomic mass is 79.9. The summed E-state index contributed by atoms with van der Waals surface area (Å²) in [6.07, 6.45) is -0.600. The molecule has 17 heavy (non-hydrogen) atoms. The third-order valence-corrected chi connectivity index (χ3v) is 3.88. The Hall–Kier alpha value is -0.640. The van der Waals surface area contributed by atoms with E-state index in [1.54, 1.807) is 0 Å². The van der Waals surface area contributed by atoms with E-state index in [1.165, 1.54) is 0 Å². The first-order chi connectivity index (χ1) is 8.08. The molecule has 0 saturated carbocycles. The van der Waals surface area contributed by atoms with Gasteiger partial charge in [0.05, 0.1) is 0 Å². The van der Waals surface area contributed by atoms with Gasteiger partial charge in [-0.2, -0.15) is 0 Å². The molecule has 1 unspecified atom stereocenters. The molecule has 1 atom stereocenters. The first-order valence-electron chi connectivity index (χ1n) is 5.27. The number of halogens is 2. The van der Waals surface area contributed by atoms with Crippen LogP contribution < -0.4 is 0 Å². The minimum Gasteiger partial charge on any atom is -0.384 e. The van der Waals surface area contributed by atoms with Gasteiger partial charge in [0, 0.05) is 8.95 Å². The molecule has 88 valence electrons. The monoisotopic (exact) mass is 354 g/mol. The third-order valence-electron chi connectivity index (χ3n) is 2.63. The summed E-state index contributed by atoms with van der Waals surface area (Å²) in [6.45, 7) is 2.02. The Kier molecular flexibility index (Phi) is 4.02. The van der Waals surface area contributed by atoms with Crippen molar-refractivity contribution in [2.45, 2.75) is 13.0 Å². The third kappa shape index (κ3) is 2.97.